The fourth-order valence-corrected chi connectivity index (χ4v) is 3.49. The zero-order valence-corrected chi connectivity index (χ0v) is 15.1. The van der Waals surface area contributed by atoms with Crippen molar-refractivity contribution in [3.8, 4) is 5.69 Å². The second-order valence-electron chi connectivity index (χ2n) is 5.47. The van der Waals surface area contributed by atoms with Gasteiger partial charge in [-0.1, -0.05) is 17.7 Å². The summed E-state index contributed by atoms with van der Waals surface area (Å²) in [4.78, 5) is 26.1. The minimum absolute atomic E-state index is 0.0216. The molecule has 0 atom stereocenters. The van der Waals surface area contributed by atoms with Crippen LogP contribution >= 0.6 is 22.9 Å². The summed E-state index contributed by atoms with van der Waals surface area (Å²) < 4.78 is 1.59. The van der Waals surface area contributed by atoms with Crippen molar-refractivity contribution in [2.45, 2.75) is 19.8 Å². The molecule has 0 spiro atoms. The fourth-order valence-electron chi connectivity index (χ4n) is 2.40. The van der Waals surface area contributed by atoms with Crippen LogP contribution in [0.15, 0.2) is 48.8 Å². The summed E-state index contributed by atoms with van der Waals surface area (Å²) in [5, 5.41) is 7.46. The lowest BCUT2D eigenvalue weighted by Crippen LogP contribution is -2.15. The summed E-state index contributed by atoms with van der Waals surface area (Å²) in [5.41, 5.74) is 1.16. The Kier molecular flexibility index (Phi) is 5.31. The van der Waals surface area contributed by atoms with E-state index in [1.807, 2.05) is 13.0 Å². The molecule has 128 valence electrons. The van der Waals surface area contributed by atoms with Gasteiger partial charge in [-0.05, 0) is 37.3 Å². The molecule has 0 bridgehead atoms. The van der Waals surface area contributed by atoms with Crippen LogP contribution in [-0.4, -0.2) is 21.5 Å². The first kappa shape index (κ1) is 17.4. The molecule has 0 aliphatic heterocycles. The Balaban J connectivity index is 1.67. The van der Waals surface area contributed by atoms with E-state index in [2.05, 4.69) is 10.4 Å². The first-order chi connectivity index (χ1) is 12.0. The van der Waals surface area contributed by atoms with Gasteiger partial charge in [-0.15, -0.1) is 11.3 Å². The molecule has 0 aliphatic rings. The van der Waals surface area contributed by atoms with E-state index in [0.717, 1.165) is 4.88 Å². The van der Waals surface area contributed by atoms with Crippen LogP contribution in [0.2, 0.25) is 5.02 Å². The number of nitrogens with one attached hydrogen (secondary N) is 1. The molecule has 5 nitrogen and oxygen atoms in total. The van der Waals surface area contributed by atoms with Gasteiger partial charge in [0.25, 0.3) is 0 Å². The number of thiophene rings is 1. The van der Waals surface area contributed by atoms with E-state index in [9.17, 15) is 9.59 Å². The quantitative estimate of drug-likeness (QED) is 0.647. The van der Waals surface area contributed by atoms with Gasteiger partial charge in [-0.2, -0.15) is 5.10 Å². The molecule has 0 unspecified atom stereocenters. The molecule has 25 heavy (non-hydrogen) atoms. The molecule has 7 heteroatoms. The third-order valence-corrected chi connectivity index (χ3v) is 4.94. The molecule has 2 heterocycles. The standard InChI is InChI=1S/C18H16ClN3O2S/c1-12-6-8-16(25-12)15(23)7-9-17(24)21-14-5-2-4-13(19)18(14)22-11-3-10-20-22/h2-6,8,10-11H,7,9H2,1H3,(H,21,24). The van der Waals surface area contributed by atoms with E-state index in [0.29, 0.717) is 21.3 Å². The van der Waals surface area contributed by atoms with Crippen molar-refractivity contribution in [3.05, 3.63) is 63.6 Å². The van der Waals surface area contributed by atoms with Gasteiger partial charge < -0.3 is 5.32 Å². The van der Waals surface area contributed by atoms with Crippen molar-refractivity contribution < 1.29 is 9.59 Å². The number of para-hydroxylation sites is 1. The molecule has 3 rings (SSSR count). The number of aromatic nitrogens is 2. The fraction of sp³-hybridized carbons (Fsp3) is 0.167. The van der Waals surface area contributed by atoms with E-state index >= 15 is 0 Å². The summed E-state index contributed by atoms with van der Waals surface area (Å²) in [6.45, 7) is 1.95. The molecule has 1 amide bonds. The maximum Gasteiger partial charge on any atom is 0.224 e. The average Bonchev–Trinajstić information content (AvgIpc) is 3.24. The Bertz CT molecular complexity index is 903. The highest BCUT2D eigenvalue weighted by atomic mass is 35.5. The number of nitrogens with zero attached hydrogens (tertiary/aromatic N) is 2. The largest absolute Gasteiger partial charge is 0.324 e. The first-order valence-corrected chi connectivity index (χ1v) is 8.92. The maximum absolute atomic E-state index is 12.3. The number of benzene rings is 1. The highest BCUT2D eigenvalue weighted by Gasteiger charge is 2.14. The predicted octanol–water partition coefficient (Wildman–Crippen LogP) is 4.50. The lowest BCUT2D eigenvalue weighted by molar-refractivity contribution is -0.116. The number of hydrogen-bond acceptors (Lipinski definition) is 4. The van der Waals surface area contributed by atoms with Crippen molar-refractivity contribution in [1.82, 2.24) is 9.78 Å². The highest BCUT2D eigenvalue weighted by Crippen LogP contribution is 2.28. The monoisotopic (exact) mass is 373 g/mol. The van der Waals surface area contributed by atoms with Gasteiger partial charge in [0, 0.05) is 30.1 Å². The van der Waals surface area contributed by atoms with Crippen molar-refractivity contribution in [3.63, 3.8) is 0 Å². The minimum atomic E-state index is -0.239. The molecule has 0 aliphatic carbocycles. The number of aryl methyl sites for hydroxylation is 1. The minimum Gasteiger partial charge on any atom is -0.324 e. The Labute approximate surface area is 154 Å². The van der Waals surface area contributed by atoms with Crippen molar-refractivity contribution in [2.75, 3.05) is 5.32 Å². The molecule has 2 aromatic heterocycles. The Hall–Kier alpha value is -2.44. The van der Waals surface area contributed by atoms with Crippen LogP contribution < -0.4 is 5.32 Å². The molecule has 1 N–H and O–H groups in total. The van der Waals surface area contributed by atoms with Gasteiger partial charge in [0.1, 0.15) is 5.69 Å². The summed E-state index contributed by atoms with van der Waals surface area (Å²) >= 11 is 7.69. The number of ketones is 1. The highest BCUT2D eigenvalue weighted by molar-refractivity contribution is 7.14. The number of hydrogen-bond donors (Lipinski definition) is 1. The molecular weight excluding hydrogens is 358 g/mol. The maximum atomic E-state index is 12.3. The molecular formula is C18H16ClN3O2S. The van der Waals surface area contributed by atoms with Gasteiger partial charge in [0.2, 0.25) is 5.91 Å². The Morgan fingerprint density at radius 1 is 1.20 bits per heavy atom. The molecule has 0 saturated carbocycles. The van der Waals surface area contributed by atoms with E-state index in [1.165, 1.54) is 11.3 Å². The van der Waals surface area contributed by atoms with Gasteiger partial charge in [-0.3, -0.25) is 9.59 Å². The van der Waals surface area contributed by atoms with Crippen LogP contribution in [-0.2, 0) is 4.79 Å². The summed E-state index contributed by atoms with van der Waals surface area (Å²) in [5.74, 6) is -0.260. The summed E-state index contributed by atoms with van der Waals surface area (Å²) in [6.07, 6.45) is 3.67. The normalized spacial score (nSPS) is 10.6. The van der Waals surface area contributed by atoms with Crippen molar-refractivity contribution in [1.29, 1.82) is 0 Å². The molecule has 3 aromatic rings. The topological polar surface area (TPSA) is 64.0 Å². The van der Waals surface area contributed by atoms with Gasteiger partial charge in [0.15, 0.2) is 5.78 Å². The number of amides is 1. The molecule has 0 fully saturated rings. The Morgan fingerprint density at radius 2 is 2.04 bits per heavy atom. The van der Waals surface area contributed by atoms with Crippen LogP contribution in [0, 0.1) is 6.92 Å². The van der Waals surface area contributed by atoms with Crippen LogP contribution in [0.5, 0.6) is 0 Å². The van der Waals surface area contributed by atoms with Gasteiger partial charge in [0.05, 0.1) is 15.6 Å². The Morgan fingerprint density at radius 3 is 2.72 bits per heavy atom. The van der Waals surface area contributed by atoms with E-state index < -0.39 is 0 Å². The summed E-state index contributed by atoms with van der Waals surface area (Å²) in [7, 11) is 0. The lowest BCUT2D eigenvalue weighted by atomic mass is 10.2. The summed E-state index contributed by atoms with van der Waals surface area (Å²) in [6, 6.07) is 10.7. The third kappa shape index (κ3) is 4.15. The molecule has 0 radical (unpaired) electrons. The van der Waals surface area contributed by atoms with Crippen molar-refractivity contribution in [2.24, 2.45) is 0 Å². The van der Waals surface area contributed by atoms with E-state index in [4.69, 9.17) is 11.6 Å². The van der Waals surface area contributed by atoms with Gasteiger partial charge >= 0.3 is 0 Å². The zero-order valence-electron chi connectivity index (χ0n) is 13.5. The lowest BCUT2D eigenvalue weighted by Gasteiger charge is -2.12. The second-order valence-corrected chi connectivity index (χ2v) is 7.16. The third-order valence-electron chi connectivity index (χ3n) is 3.59. The number of carbonyl (C=O) groups is 2. The molecule has 0 saturated heterocycles. The van der Waals surface area contributed by atoms with Crippen LogP contribution in [0.4, 0.5) is 5.69 Å². The number of Topliss-reactive ketones (excluding diaryl/α,β-unsaturated/α-hetero) is 1. The van der Waals surface area contributed by atoms with E-state index in [-0.39, 0.29) is 24.5 Å². The molecule has 1 aromatic carbocycles. The SMILES string of the molecule is Cc1ccc(C(=O)CCC(=O)Nc2cccc(Cl)c2-n2cccn2)s1. The number of anilines is 1. The van der Waals surface area contributed by atoms with E-state index in [1.54, 1.807) is 47.4 Å². The van der Waals surface area contributed by atoms with Crippen LogP contribution in [0.25, 0.3) is 5.69 Å². The smallest absolute Gasteiger partial charge is 0.224 e. The second kappa shape index (κ2) is 7.63. The van der Waals surface area contributed by atoms with Gasteiger partial charge in [-0.25, -0.2) is 4.68 Å². The average molecular weight is 374 g/mol. The number of carbonyl (C=O) groups excluding carboxylic acids is 2. The van der Waals surface area contributed by atoms with Crippen LogP contribution in [0.3, 0.4) is 0 Å². The first-order valence-electron chi connectivity index (χ1n) is 7.72. The number of rotatable bonds is 6. The number of halogens is 1. The zero-order chi connectivity index (χ0) is 17.8. The van der Waals surface area contributed by atoms with Crippen LogP contribution in [0.1, 0.15) is 27.4 Å². The van der Waals surface area contributed by atoms with Crippen molar-refractivity contribution >= 4 is 40.3 Å². The predicted molar refractivity (Wildman–Crippen MR) is 99.8 cm³/mol.